The Morgan fingerprint density at radius 1 is 1.40 bits per heavy atom. The van der Waals surface area contributed by atoms with Crippen molar-refractivity contribution < 1.29 is 0 Å². The van der Waals surface area contributed by atoms with Gasteiger partial charge in [-0.25, -0.2) is 4.98 Å². The highest BCUT2D eigenvalue weighted by Gasteiger charge is 2.25. The van der Waals surface area contributed by atoms with Crippen molar-refractivity contribution in [3.8, 4) is 0 Å². The lowest BCUT2D eigenvalue weighted by atomic mass is 9.96. The fourth-order valence-corrected chi connectivity index (χ4v) is 3.50. The average Bonchev–Trinajstić information content (AvgIpc) is 2.86. The van der Waals surface area contributed by atoms with Gasteiger partial charge < -0.3 is 10.2 Å². The molecule has 5 heteroatoms. The molecule has 20 heavy (non-hydrogen) atoms. The molecule has 1 N–H and O–H groups in total. The van der Waals surface area contributed by atoms with Crippen molar-refractivity contribution in [1.29, 1.82) is 0 Å². The van der Waals surface area contributed by atoms with E-state index < -0.39 is 0 Å². The van der Waals surface area contributed by atoms with Crippen molar-refractivity contribution in [3.05, 3.63) is 5.82 Å². The average molecular weight is 296 g/mol. The third-order valence-electron chi connectivity index (χ3n) is 3.81. The molecule has 1 aliphatic heterocycles. The van der Waals surface area contributed by atoms with E-state index in [1.54, 1.807) is 11.5 Å². The van der Waals surface area contributed by atoms with Crippen LogP contribution in [0.2, 0.25) is 0 Å². The van der Waals surface area contributed by atoms with Gasteiger partial charge in [0.05, 0.1) is 0 Å². The van der Waals surface area contributed by atoms with Gasteiger partial charge in [-0.05, 0) is 45.7 Å². The maximum Gasteiger partial charge on any atom is 0.205 e. The second kappa shape index (κ2) is 6.39. The van der Waals surface area contributed by atoms with Gasteiger partial charge in [-0.15, -0.1) is 0 Å². The molecule has 2 heterocycles. The Labute approximate surface area is 127 Å². The lowest BCUT2D eigenvalue weighted by molar-refractivity contribution is 0.371. The highest BCUT2D eigenvalue weighted by Crippen LogP contribution is 2.27. The third kappa shape index (κ3) is 3.92. The minimum atomic E-state index is 0.0315. The monoisotopic (exact) mass is 296 g/mol. The largest absolute Gasteiger partial charge is 0.344 e. The summed E-state index contributed by atoms with van der Waals surface area (Å²) in [5, 5.41) is 4.58. The molecule has 1 atom stereocenters. The van der Waals surface area contributed by atoms with Crippen LogP contribution in [-0.4, -0.2) is 35.0 Å². The van der Waals surface area contributed by atoms with Gasteiger partial charge in [-0.3, -0.25) is 0 Å². The van der Waals surface area contributed by atoms with Gasteiger partial charge >= 0.3 is 0 Å². The van der Waals surface area contributed by atoms with E-state index in [4.69, 9.17) is 4.98 Å². The SMILES string of the molecule is CC(C)N(CC1CCCNC1)c1nc(C(C)(C)C)ns1. The fraction of sp³-hybridized carbons (Fsp3) is 0.867. The van der Waals surface area contributed by atoms with E-state index in [0.29, 0.717) is 6.04 Å². The van der Waals surface area contributed by atoms with Gasteiger partial charge in [0.2, 0.25) is 5.13 Å². The second-order valence-electron chi connectivity index (χ2n) is 7.11. The first-order chi connectivity index (χ1) is 9.38. The molecule has 0 saturated carbocycles. The Hall–Kier alpha value is -0.680. The summed E-state index contributed by atoms with van der Waals surface area (Å²) in [5.41, 5.74) is 0.0315. The Morgan fingerprint density at radius 2 is 2.15 bits per heavy atom. The second-order valence-corrected chi connectivity index (χ2v) is 7.84. The Bertz CT molecular complexity index is 416. The lowest BCUT2D eigenvalue weighted by Crippen LogP contribution is -2.41. The van der Waals surface area contributed by atoms with Gasteiger partial charge in [0.15, 0.2) is 0 Å². The molecule has 0 spiro atoms. The molecule has 114 valence electrons. The van der Waals surface area contributed by atoms with Crippen molar-refractivity contribution >= 4 is 16.7 Å². The first-order valence-corrected chi connectivity index (χ1v) is 8.47. The molecule has 0 bridgehead atoms. The van der Waals surface area contributed by atoms with Crippen LogP contribution in [0.25, 0.3) is 0 Å². The smallest absolute Gasteiger partial charge is 0.205 e. The van der Waals surface area contributed by atoms with Gasteiger partial charge in [-0.2, -0.15) is 4.37 Å². The predicted molar refractivity (Wildman–Crippen MR) is 86.7 cm³/mol. The molecule has 1 saturated heterocycles. The molecule has 0 amide bonds. The van der Waals surface area contributed by atoms with E-state index >= 15 is 0 Å². The maximum atomic E-state index is 4.78. The quantitative estimate of drug-likeness (QED) is 0.927. The molecular formula is C15H28N4S. The van der Waals surface area contributed by atoms with Gasteiger partial charge in [-0.1, -0.05) is 20.8 Å². The van der Waals surface area contributed by atoms with Crippen molar-refractivity contribution in [1.82, 2.24) is 14.7 Å². The van der Waals surface area contributed by atoms with Crippen LogP contribution in [0.15, 0.2) is 0 Å². The molecule has 2 rings (SSSR count). The number of hydrogen-bond acceptors (Lipinski definition) is 5. The minimum absolute atomic E-state index is 0.0315. The van der Waals surface area contributed by atoms with Crippen molar-refractivity contribution in [2.75, 3.05) is 24.5 Å². The lowest BCUT2D eigenvalue weighted by Gasteiger charge is -2.32. The first kappa shape index (κ1) is 15.7. The summed E-state index contributed by atoms with van der Waals surface area (Å²) in [5.74, 6) is 1.69. The van der Waals surface area contributed by atoms with Crippen molar-refractivity contribution in [2.45, 2.75) is 58.9 Å². The zero-order valence-electron chi connectivity index (χ0n) is 13.4. The van der Waals surface area contributed by atoms with Crippen LogP contribution >= 0.6 is 11.5 Å². The molecule has 0 aliphatic carbocycles. The van der Waals surface area contributed by atoms with Gasteiger partial charge in [0.1, 0.15) is 5.82 Å². The Morgan fingerprint density at radius 3 is 2.65 bits per heavy atom. The summed E-state index contributed by atoms with van der Waals surface area (Å²) < 4.78 is 4.56. The predicted octanol–water partition coefficient (Wildman–Crippen LogP) is 3.05. The van der Waals surface area contributed by atoms with Crippen molar-refractivity contribution in [2.24, 2.45) is 5.92 Å². The molecule has 1 aliphatic rings. The topological polar surface area (TPSA) is 41.0 Å². The molecule has 0 aromatic carbocycles. The van der Waals surface area contributed by atoms with E-state index in [1.165, 1.54) is 19.4 Å². The summed E-state index contributed by atoms with van der Waals surface area (Å²) in [6, 6.07) is 0.470. The number of piperidine rings is 1. The summed E-state index contributed by atoms with van der Waals surface area (Å²) in [6.07, 6.45) is 2.61. The highest BCUT2D eigenvalue weighted by atomic mass is 32.1. The van der Waals surface area contributed by atoms with Gasteiger partial charge in [0, 0.05) is 29.5 Å². The van der Waals surface area contributed by atoms with E-state index in [0.717, 1.165) is 30.0 Å². The number of rotatable bonds is 4. The zero-order valence-corrected chi connectivity index (χ0v) is 14.3. The standard InChI is InChI=1S/C15H28N4S/c1-11(2)19(10-12-7-6-8-16-9-12)14-17-13(18-20-14)15(3,4)5/h11-12,16H,6-10H2,1-5H3. The normalized spacial score (nSPS) is 20.4. The van der Waals surface area contributed by atoms with Crippen LogP contribution in [0.4, 0.5) is 5.13 Å². The van der Waals surface area contributed by atoms with Crippen LogP contribution in [-0.2, 0) is 5.41 Å². The van der Waals surface area contributed by atoms with Gasteiger partial charge in [0.25, 0.3) is 0 Å². The highest BCUT2D eigenvalue weighted by molar-refractivity contribution is 7.09. The third-order valence-corrected chi connectivity index (χ3v) is 4.56. The van der Waals surface area contributed by atoms with Crippen LogP contribution in [0.5, 0.6) is 0 Å². The van der Waals surface area contributed by atoms with E-state index in [9.17, 15) is 0 Å². The molecule has 4 nitrogen and oxygen atoms in total. The van der Waals surface area contributed by atoms with E-state index in [1.807, 2.05) is 0 Å². The van der Waals surface area contributed by atoms with Crippen LogP contribution in [0.3, 0.4) is 0 Å². The number of nitrogens with one attached hydrogen (secondary N) is 1. The Balaban J connectivity index is 2.09. The molecule has 1 aromatic heterocycles. The number of nitrogens with zero attached hydrogens (tertiary/aromatic N) is 3. The molecule has 1 unspecified atom stereocenters. The summed E-state index contributed by atoms with van der Waals surface area (Å²) in [4.78, 5) is 7.20. The molecule has 1 aromatic rings. The van der Waals surface area contributed by atoms with E-state index in [2.05, 4.69) is 49.2 Å². The summed E-state index contributed by atoms with van der Waals surface area (Å²) in [7, 11) is 0. The Kier molecular flexibility index (Phi) is 5.02. The number of anilines is 1. The minimum Gasteiger partial charge on any atom is -0.344 e. The molecule has 0 radical (unpaired) electrons. The van der Waals surface area contributed by atoms with Crippen LogP contribution in [0.1, 0.15) is 53.3 Å². The maximum absolute atomic E-state index is 4.78. The molecular weight excluding hydrogens is 268 g/mol. The molecule has 1 fully saturated rings. The number of aromatic nitrogens is 2. The summed E-state index contributed by atoms with van der Waals surface area (Å²) in [6.45, 7) is 14.4. The summed E-state index contributed by atoms with van der Waals surface area (Å²) >= 11 is 1.55. The number of hydrogen-bond donors (Lipinski definition) is 1. The van der Waals surface area contributed by atoms with E-state index in [-0.39, 0.29) is 5.41 Å². The zero-order chi connectivity index (χ0) is 14.8. The van der Waals surface area contributed by atoms with Crippen molar-refractivity contribution in [3.63, 3.8) is 0 Å². The van der Waals surface area contributed by atoms with Crippen LogP contribution in [0, 0.1) is 5.92 Å². The fourth-order valence-electron chi connectivity index (χ4n) is 2.50. The van der Waals surface area contributed by atoms with Crippen LogP contribution < -0.4 is 10.2 Å². The first-order valence-electron chi connectivity index (χ1n) is 7.69.